The van der Waals surface area contributed by atoms with Gasteiger partial charge in [-0.05, 0) is 34.1 Å². The predicted octanol–water partition coefficient (Wildman–Crippen LogP) is 0.0663. The number of hydroxylamine groups is 2. The van der Waals surface area contributed by atoms with Crippen LogP contribution in [0, 0.1) is 5.92 Å². The Morgan fingerprint density at radius 3 is 2.32 bits per heavy atom. The second-order valence-electron chi connectivity index (χ2n) is 6.59. The Balaban J connectivity index is 2.83. The number of hydrogen-bond acceptors (Lipinski definition) is 5. The van der Waals surface area contributed by atoms with Crippen LogP contribution >= 0.6 is 0 Å². The van der Waals surface area contributed by atoms with Crippen molar-refractivity contribution >= 4 is 5.91 Å². The van der Waals surface area contributed by atoms with Crippen molar-refractivity contribution in [1.29, 1.82) is 0 Å². The molecule has 0 aliphatic carbocycles. The molecule has 0 saturated carbocycles. The highest BCUT2D eigenvalue weighted by Crippen LogP contribution is 2.44. The minimum Gasteiger partial charge on any atom is -0.394 e. The molecule has 6 heteroatoms. The molecule has 3 N–H and O–H groups in total. The van der Waals surface area contributed by atoms with Crippen molar-refractivity contribution in [3.63, 3.8) is 0 Å². The van der Waals surface area contributed by atoms with Crippen LogP contribution in [-0.2, 0) is 4.79 Å². The molecular weight excluding hydrogens is 248 g/mol. The van der Waals surface area contributed by atoms with Gasteiger partial charge in [-0.15, -0.1) is 0 Å². The van der Waals surface area contributed by atoms with Gasteiger partial charge in [-0.3, -0.25) is 4.79 Å². The van der Waals surface area contributed by atoms with Crippen molar-refractivity contribution in [2.24, 2.45) is 5.92 Å². The number of likely N-dealkylation sites (N-methyl/N-ethyl adjacent to an activating group) is 1. The number of nitrogens with zero attached hydrogens (tertiary/aromatic N) is 2. The molecule has 1 amide bonds. The maximum atomic E-state index is 12.4. The summed E-state index contributed by atoms with van der Waals surface area (Å²) in [5, 5.41) is 29.7. The number of rotatable bonds is 4. The van der Waals surface area contributed by atoms with E-state index in [9.17, 15) is 15.1 Å². The number of amides is 1. The van der Waals surface area contributed by atoms with Crippen molar-refractivity contribution in [1.82, 2.24) is 9.96 Å². The number of aliphatic hydroxyl groups excluding tert-OH is 2. The van der Waals surface area contributed by atoms with Crippen LogP contribution in [0.3, 0.4) is 0 Å². The van der Waals surface area contributed by atoms with Crippen LogP contribution in [0.1, 0.15) is 34.1 Å². The largest absolute Gasteiger partial charge is 0.394 e. The van der Waals surface area contributed by atoms with Gasteiger partial charge in [0.1, 0.15) is 0 Å². The second kappa shape index (κ2) is 5.36. The summed E-state index contributed by atoms with van der Waals surface area (Å²) >= 11 is 0. The van der Waals surface area contributed by atoms with Crippen LogP contribution in [0.2, 0.25) is 0 Å². The fourth-order valence-electron chi connectivity index (χ4n) is 2.88. The maximum absolute atomic E-state index is 12.4. The molecule has 2 atom stereocenters. The lowest BCUT2D eigenvalue weighted by atomic mass is 9.86. The molecule has 19 heavy (non-hydrogen) atoms. The molecule has 1 aliphatic heterocycles. The van der Waals surface area contributed by atoms with Crippen molar-refractivity contribution in [2.75, 3.05) is 20.2 Å². The highest BCUT2D eigenvalue weighted by Gasteiger charge is 2.54. The minimum atomic E-state index is -0.934. The molecule has 0 spiro atoms. The average Bonchev–Trinajstić information content (AvgIpc) is 2.48. The number of carbonyl (C=O) groups excluding carboxylic acids is 1. The third kappa shape index (κ3) is 3.08. The summed E-state index contributed by atoms with van der Waals surface area (Å²) in [6.45, 7) is 7.17. The molecule has 1 fully saturated rings. The van der Waals surface area contributed by atoms with Crippen LogP contribution < -0.4 is 0 Å². The van der Waals surface area contributed by atoms with Gasteiger partial charge in [-0.2, -0.15) is 5.06 Å². The van der Waals surface area contributed by atoms with Gasteiger partial charge < -0.3 is 20.3 Å². The van der Waals surface area contributed by atoms with Crippen molar-refractivity contribution < 1.29 is 20.2 Å². The molecule has 1 saturated heterocycles. The van der Waals surface area contributed by atoms with E-state index in [4.69, 9.17) is 5.11 Å². The molecule has 0 aromatic heterocycles. The Hall–Kier alpha value is -0.690. The molecule has 1 aliphatic rings. The van der Waals surface area contributed by atoms with Gasteiger partial charge in [0.05, 0.1) is 24.2 Å². The zero-order valence-corrected chi connectivity index (χ0v) is 12.4. The normalized spacial score (nSPS) is 27.3. The number of carbonyl (C=O) groups is 1. The van der Waals surface area contributed by atoms with E-state index in [0.717, 1.165) is 0 Å². The fraction of sp³-hybridized carbons (Fsp3) is 0.923. The second-order valence-corrected chi connectivity index (χ2v) is 6.59. The Morgan fingerprint density at radius 1 is 1.42 bits per heavy atom. The summed E-state index contributed by atoms with van der Waals surface area (Å²) < 4.78 is 0. The van der Waals surface area contributed by atoms with Crippen LogP contribution in [0.5, 0.6) is 0 Å². The fourth-order valence-corrected chi connectivity index (χ4v) is 2.88. The first-order valence-corrected chi connectivity index (χ1v) is 6.57. The van der Waals surface area contributed by atoms with Crippen molar-refractivity contribution in [3.05, 3.63) is 0 Å². The van der Waals surface area contributed by atoms with Crippen LogP contribution in [0.15, 0.2) is 0 Å². The smallest absolute Gasteiger partial charge is 0.227 e. The molecular formula is C13H26N2O4. The summed E-state index contributed by atoms with van der Waals surface area (Å²) in [7, 11) is 1.60. The zero-order valence-electron chi connectivity index (χ0n) is 12.4. The highest BCUT2D eigenvalue weighted by atomic mass is 16.5. The van der Waals surface area contributed by atoms with Gasteiger partial charge in [0.15, 0.2) is 0 Å². The molecule has 1 rings (SSSR count). The van der Waals surface area contributed by atoms with Gasteiger partial charge in [-0.1, -0.05) is 0 Å². The first-order valence-electron chi connectivity index (χ1n) is 6.57. The Bertz CT molecular complexity index is 344. The van der Waals surface area contributed by atoms with E-state index in [1.807, 2.05) is 27.7 Å². The first kappa shape index (κ1) is 16.4. The molecule has 0 aromatic rings. The summed E-state index contributed by atoms with van der Waals surface area (Å²) in [5.41, 5.74) is -1.11. The SMILES string of the molecule is CN(CC(O)CO)C(=O)C1CC(C)(C)N(O)C1(C)C. The Kier molecular flexibility index (Phi) is 4.62. The number of aliphatic hydroxyl groups is 2. The quantitative estimate of drug-likeness (QED) is 0.675. The van der Waals surface area contributed by atoms with Gasteiger partial charge in [0.2, 0.25) is 5.91 Å². The Morgan fingerprint density at radius 2 is 1.95 bits per heavy atom. The van der Waals surface area contributed by atoms with Crippen molar-refractivity contribution in [2.45, 2.75) is 51.3 Å². The summed E-state index contributed by atoms with van der Waals surface area (Å²) in [6, 6.07) is 0. The standard InChI is InChI=1S/C13H26N2O4/c1-12(2)6-10(13(3,4)15(12)19)11(18)14(5)7-9(17)8-16/h9-10,16-17,19H,6-8H2,1-5H3. The zero-order chi connectivity index (χ0) is 15.0. The van der Waals surface area contributed by atoms with Crippen LogP contribution in [-0.4, -0.2) is 68.7 Å². The Labute approximate surface area is 114 Å². The monoisotopic (exact) mass is 274 g/mol. The van der Waals surface area contributed by atoms with Crippen LogP contribution in [0.25, 0.3) is 0 Å². The van der Waals surface area contributed by atoms with Crippen LogP contribution in [0.4, 0.5) is 0 Å². The molecule has 112 valence electrons. The molecule has 0 bridgehead atoms. The summed E-state index contributed by atoms with van der Waals surface area (Å²) in [4.78, 5) is 13.9. The summed E-state index contributed by atoms with van der Waals surface area (Å²) in [6.07, 6.45) is -0.383. The third-order valence-electron chi connectivity index (χ3n) is 4.05. The third-order valence-corrected chi connectivity index (χ3v) is 4.05. The minimum absolute atomic E-state index is 0.0910. The molecule has 1 heterocycles. The maximum Gasteiger partial charge on any atom is 0.227 e. The highest BCUT2D eigenvalue weighted by molar-refractivity contribution is 5.80. The van der Waals surface area contributed by atoms with E-state index in [1.54, 1.807) is 7.05 Å². The van der Waals surface area contributed by atoms with E-state index in [1.165, 1.54) is 9.96 Å². The van der Waals surface area contributed by atoms with Gasteiger partial charge in [-0.25, -0.2) is 0 Å². The predicted molar refractivity (Wildman–Crippen MR) is 70.6 cm³/mol. The molecule has 0 radical (unpaired) electrons. The topological polar surface area (TPSA) is 84.2 Å². The lowest BCUT2D eigenvalue weighted by Crippen LogP contribution is -2.50. The molecule has 2 unspecified atom stereocenters. The van der Waals surface area contributed by atoms with Gasteiger partial charge >= 0.3 is 0 Å². The van der Waals surface area contributed by atoms with Gasteiger partial charge in [0, 0.05) is 19.1 Å². The van der Waals surface area contributed by atoms with E-state index in [-0.39, 0.29) is 25.0 Å². The lowest BCUT2D eigenvalue weighted by molar-refractivity contribution is -0.198. The first-order chi connectivity index (χ1) is 8.54. The van der Waals surface area contributed by atoms with E-state index in [0.29, 0.717) is 6.42 Å². The lowest BCUT2D eigenvalue weighted by Gasteiger charge is -2.36. The molecule has 0 aromatic carbocycles. The van der Waals surface area contributed by atoms with Crippen molar-refractivity contribution in [3.8, 4) is 0 Å². The summed E-state index contributed by atoms with van der Waals surface area (Å²) in [5.74, 6) is -0.467. The molecule has 6 nitrogen and oxygen atoms in total. The van der Waals surface area contributed by atoms with Gasteiger partial charge in [0.25, 0.3) is 0 Å². The average molecular weight is 274 g/mol. The van der Waals surface area contributed by atoms with E-state index in [2.05, 4.69) is 0 Å². The van der Waals surface area contributed by atoms with E-state index < -0.39 is 17.2 Å². The van der Waals surface area contributed by atoms with E-state index >= 15 is 0 Å². The number of hydrogen-bond donors (Lipinski definition) is 3.